The molecule has 0 N–H and O–H groups in total. The van der Waals surface area contributed by atoms with Gasteiger partial charge in [0.1, 0.15) is 11.4 Å². The fourth-order valence-corrected chi connectivity index (χ4v) is 2.17. The monoisotopic (exact) mass is 310 g/mol. The average Bonchev–Trinajstić information content (AvgIpc) is 2.40. The predicted octanol–water partition coefficient (Wildman–Crippen LogP) is 3.38. The van der Waals surface area contributed by atoms with Gasteiger partial charge in [0.15, 0.2) is 5.41 Å². The Bertz CT molecular complexity index is 531. The van der Waals surface area contributed by atoms with Crippen LogP contribution in [0, 0.1) is 5.82 Å². The molecule has 1 aromatic rings. The lowest BCUT2D eigenvalue weighted by molar-refractivity contribution is -0.172. The number of carbonyl (C=O) groups excluding carboxylic acids is 2. The molecule has 1 unspecified atom stereocenters. The van der Waals surface area contributed by atoms with E-state index in [0.29, 0.717) is 5.56 Å². The quantitative estimate of drug-likeness (QED) is 0.618. The molecule has 0 heterocycles. The topological polar surface area (TPSA) is 52.6 Å². The highest BCUT2D eigenvalue weighted by molar-refractivity contribution is 6.06. The number of ether oxygens (including phenoxy) is 2. The first-order valence-electron chi connectivity index (χ1n) is 7.34. The van der Waals surface area contributed by atoms with Crippen molar-refractivity contribution in [2.75, 3.05) is 6.61 Å². The van der Waals surface area contributed by atoms with Crippen LogP contribution in [0.15, 0.2) is 24.3 Å². The van der Waals surface area contributed by atoms with Crippen molar-refractivity contribution >= 4 is 11.9 Å². The van der Waals surface area contributed by atoms with Gasteiger partial charge >= 0.3 is 11.9 Å². The van der Waals surface area contributed by atoms with Crippen LogP contribution < -0.4 is 0 Å². The molecule has 0 bridgehead atoms. The Kier molecular flexibility index (Phi) is 5.69. The second kappa shape index (κ2) is 6.90. The van der Waals surface area contributed by atoms with Gasteiger partial charge in [-0.3, -0.25) is 9.59 Å². The van der Waals surface area contributed by atoms with E-state index < -0.39 is 28.8 Å². The van der Waals surface area contributed by atoms with Crippen LogP contribution in [-0.4, -0.2) is 24.1 Å². The Hall–Kier alpha value is -1.91. The lowest BCUT2D eigenvalue weighted by atomic mass is 9.78. The molecule has 0 saturated carbocycles. The maximum absolute atomic E-state index is 13.2. The molecule has 0 aromatic heterocycles. The Morgan fingerprint density at radius 3 is 2.00 bits per heavy atom. The van der Waals surface area contributed by atoms with E-state index in [-0.39, 0.29) is 13.0 Å². The van der Waals surface area contributed by atoms with Crippen LogP contribution in [0.1, 0.15) is 46.6 Å². The summed E-state index contributed by atoms with van der Waals surface area (Å²) in [5.41, 5.74) is -1.97. The van der Waals surface area contributed by atoms with Crippen LogP contribution in [0.5, 0.6) is 0 Å². The van der Waals surface area contributed by atoms with Gasteiger partial charge in [-0.1, -0.05) is 19.1 Å². The zero-order valence-corrected chi connectivity index (χ0v) is 13.7. The molecule has 4 nitrogen and oxygen atoms in total. The van der Waals surface area contributed by atoms with E-state index in [1.54, 1.807) is 34.6 Å². The van der Waals surface area contributed by atoms with Crippen LogP contribution in [-0.2, 0) is 24.5 Å². The third-order valence-electron chi connectivity index (χ3n) is 3.24. The molecule has 0 saturated heterocycles. The van der Waals surface area contributed by atoms with Crippen molar-refractivity contribution in [1.82, 2.24) is 0 Å². The molecule has 22 heavy (non-hydrogen) atoms. The van der Waals surface area contributed by atoms with Crippen molar-refractivity contribution in [3.05, 3.63) is 35.6 Å². The van der Waals surface area contributed by atoms with Crippen molar-refractivity contribution in [3.63, 3.8) is 0 Å². The minimum Gasteiger partial charge on any atom is -0.465 e. The third kappa shape index (κ3) is 3.84. The van der Waals surface area contributed by atoms with Gasteiger partial charge in [-0.15, -0.1) is 0 Å². The summed E-state index contributed by atoms with van der Waals surface area (Å²) in [6.45, 7) is 8.68. The summed E-state index contributed by atoms with van der Waals surface area (Å²) >= 11 is 0. The molecule has 122 valence electrons. The summed E-state index contributed by atoms with van der Waals surface area (Å²) in [7, 11) is 0. The standard InChI is InChI=1S/C17H23FO4/c1-6-17(14(19)21-7-2,15(20)22-16(3,4)5)12-8-10-13(18)11-9-12/h8-11H,6-7H2,1-5H3. The first-order valence-corrected chi connectivity index (χ1v) is 7.34. The van der Waals surface area contributed by atoms with Crippen LogP contribution >= 0.6 is 0 Å². The van der Waals surface area contributed by atoms with Crippen molar-refractivity contribution in [2.45, 2.75) is 52.1 Å². The van der Waals surface area contributed by atoms with Crippen LogP contribution in [0.3, 0.4) is 0 Å². The largest absolute Gasteiger partial charge is 0.465 e. The van der Waals surface area contributed by atoms with Crippen molar-refractivity contribution in [2.24, 2.45) is 0 Å². The predicted molar refractivity (Wildman–Crippen MR) is 80.8 cm³/mol. The van der Waals surface area contributed by atoms with Crippen molar-refractivity contribution in [3.8, 4) is 0 Å². The van der Waals surface area contributed by atoms with E-state index in [1.165, 1.54) is 24.3 Å². The highest BCUT2D eigenvalue weighted by atomic mass is 19.1. The number of benzene rings is 1. The van der Waals surface area contributed by atoms with E-state index in [9.17, 15) is 14.0 Å². The van der Waals surface area contributed by atoms with E-state index in [2.05, 4.69) is 0 Å². The number of esters is 2. The van der Waals surface area contributed by atoms with Gasteiger partial charge in [0.05, 0.1) is 6.61 Å². The van der Waals surface area contributed by atoms with Gasteiger partial charge in [-0.25, -0.2) is 4.39 Å². The van der Waals surface area contributed by atoms with Gasteiger partial charge in [0.2, 0.25) is 0 Å². The van der Waals surface area contributed by atoms with Gasteiger partial charge in [-0.2, -0.15) is 0 Å². The molecule has 0 aliphatic carbocycles. The average molecular weight is 310 g/mol. The normalized spacial score (nSPS) is 14.1. The summed E-state index contributed by atoms with van der Waals surface area (Å²) < 4.78 is 23.7. The number of hydrogen-bond donors (Lipinski definition) is 0. The molecule has 0 spiro atoms. The third-order valence-corrected chi connectivity index (χ3v) is 3.24. The van der Waals surface area contributed by atoms with Crippen molar-refractivity contribution < 1.29 is 23.5 Å². The number of carbonyl (C=O) groups is 2. The molecule has 1 rings (SSSR count). The van der Waals surface area contributed by atoms with Gasteiger partial charge in [0.25, 0.3) is 0 Å². The maximum atomic E-state index is 13.2. The van der Waals surface area contributed by atoms with Crippen molar-refractivity contribution in [1.29, 1.82) is 0 Å². The number of halogens is 1. The Balaban J connectivity index is 3.38. The van der Waals surface area contributed by atoms with Gasteiger partial charge < -0.3 is 9.47 Å². The molecule has 1 atom stereocenters. The van der Waals surface area contributed by atoms with Gasteiger partial charge in [-0.05, 0) is 51.8 Å². The summed E-state index contributed by atoms with van der Waals surface area (Å²) in [6, 6.07) is 5.26. The molecular formula is C17H23FO4. The second-order valence-electron chi connectivity index (χ2n) is 5.99. The number of rotatable bonds is 5. The van der Waals surface area contributed by atoms with E-state index >= 15 is 0 Å². The summed E-state index contributed by atoms with van der Waals surface area (Å²) in [5.74, 6) is -1.81. The first-order chi connectivity index (χ1) is 10.2. The molecule has 0 amide bonds. The summed E-state index contributed by atoms with van der Waals surface area (Å²) in [4.78, 5) is 25.2. The summed E-state index contributed by atoms with van der Waals surface area (Å²) in [5, 5.41) is 0. The zero-order valence-electron chi connectivity index (χ0n) is 13.7. The summed E-state index contributed by atoms with van der Waals surface area (Å²) in [6.07, 6.45) is 0.159. The van der Waals surface area contributed by atoms with E-state index in [4.69, 9.17) is 9.47 Å². The smallest absolute Gasteiger partial charge is 0.328 e. The Morgan fingerprint density at radius 1 is 1.05 bits per heavy atom. The Labute approximate surface area is 130 Å². The minimum absolute atomic E-state index is 0.143. The first kappa shape index (κ1) is 18.1. The van der Waals surface area contributed by atoms with E-state index in [1.807, 2.05) is 0 Å². The highest BCUT2D eigenvalue weighted by Gasteiger charge is 2.50. The van der Waals surface area contributed by atoms with Crippen LogP contribution in [0.25, 0.3) is 0 Å². The Morgan fingerprint density at radius 2 is 1.59 bits per heavy atom. The SMILES string of the molecule is CCOC(=O)C(CC)(C(=O)OC(C)(C)C)c1ccc(F)cc1. The fourth-order valence-electron chi connectivity index (χ4n) is 2.17. The molecule has 0 aliphatic rings. The lowest BCUT2D eigenvalue weighted by Gasteiger charge is -2.32. The molecule has 0 radical (unpaired) electrons. The molecular weight excluding hydrogens is 287 g/mol. The molecule has 0 aliphatic heterocycles. The maximum Gasteiger partial charge on any atom is 0.328 e. The van der Waals surface area contributed by atoms with E-state index in [0.717, 1.165) is 0 Å². The fraction of sp³-hybridized carbons (Fsp3) is 0.529. The zero-order chi connectivity index (χ0) is 17.0. The molecule has 0 fully saturated rings. The molecule has 5 heteroatoms. The number of hydrogen-bond acceptors (Lipinski definition) is 4. The molecule has 1 aromatic carbocycles. The van der Waals surface area contributed by atoms with Gasteiger partial charge in [0, 0.05) is 0 Å². The minimum atomic E-state index is -1.59. The lowest BCUT2D eigenvalue weighted by Crippen LogP contribution is -2.48. The van der Waals surface area contributed by atoms with Crippen LogP contribution in [0.2, 0.25) is 0 Å². The van der Waals surface area contributed by atoms with Crippen LogP contribution in [0.4, 0.5) is 4.39 Å². The second-order valence-corrected chi connectivity index (χ2v) is 5.99. The highest BCUT2D eigenvalue weighted by Crippen LogP contribution is 2.33.